The molecule has 2 rings (SSSR count). The van der Waals surface area contributed by atoms with Crippen LogP contribution >= 0.6 is 22.6 Å². The van der Waals surface area contributed by atoms with Crippen LogP contribution in [0.5, 0.6) is 0 Å². The largest absolute Gasteiger partial charge is 0.481 e. The number of aryl methyl sites for hydroxylation is 1. The van der Waals surface area contributed by atoms with Gasteiger partial charge < -0.3 is 10.4 Å². The molecule has 2 N–H and O–H groups in total. The summed E-state index contributed by atoms with van der Waals surface area (Å²) in [6.07, 6.45) is 2.46. The first-order chi connectivity index (χ1) is 8.93. The van der Waals surface area contributed by atoms with Crippen molar-refractivity contribution in [3.05, 3.63) is 32.9 Å². The number of carboxylic acids is 1. The molecule has 0 spiro atoms. The number of rotatable bonds is 4. The minimum absolute atomic E-state index is 0.00113. The summed E-state index contributed by atoms with van der Waals surface area (Å²) < 4.78 is 0.919. The van der Waals surface area contributed by atoms with Crippen molar-refractivity contribution in [3.8, 4) is 0 Å². The summed E-state index contributed by atoms with van der Waals surface area (Å²) in [4.78, 5) is 23.2. The predicted molar refractivity (Wildman–Crippen MR) is 80.2 cm³/mol. The van der Waals surface area contributed by atoms with Crippen molar-refractivity contribution >= 4 is 34.5 Å². The van der Waals surface area contributed by atoms with Crippen molar-refractivity contribution < 1.29 is 14.7 Å². The molecule has 102 valence electrons. The van der Waals surface area contributed by atoms with Crippen molar-refractivity contribution in [1.82, 2.24) is 5.32 Å². The molecule has 1 saturated carbocycles. The van der Waals surface area contributed by atoms with E-state index in [9.17, 15) is 9.59 Å². The van der Waals surface area contributed by atoms with Gasteiger partial charge in [-0.05, 0) is 60.4 Å². The smallest absolute Gasteiger partial charge is 0.305 e. The van der Waals surface area contributed by atoms with E-state index >= 15 is 0 Å². The Bertz CT molecular complexity index is 523. The number of aliphatic carboxylic acids is 1. The van der Waals surface area contributed by atoms with Crippen LogP contribution < -0.4 is 5.32 Å². The topological polar surface area (TPSA) is 66.4 Å². The summed E-state index contributed by atoms with van der Waals surface area (Å²) in [6, 6.07) is 5.57. The third-order valence-electron chi connectivity index (χ3n) is 3.62. The quantitative estimate of drug-likeness (QED) is 0.798. The highest BCUT2D eigenvalue weighted by Gasteiger charge is 2.40. The highest BCUT2D eigenvalue weighted by Crippen LogP contribution is 2.35. The second-order valence-electron chi connectivity index (χ2n) is 5.09. The third kappa shape index (κ3) is 3.08. The van der Waals surface area contributed by atoms with Crippen LogP contribution in [-0.4, -0.2) is 22.5 Å². The molecule has 0 atom stereocenters. The Hall–Kier alpha value is -1.11. The van der Waals surface area contributed by atoms with E-state index in [4.69, 9.17) is 5.11 Å². The van der Waals surface area contributed by atoms with Crippen molar-refractivity contribution in [2.75, 3.05) is 0 Å². The van der Waals surface area contributed by atoms with Gasteiger partial charge in [0.05, 0.1) is 17.5 Å². The van der Waals surface area contributed by atoms with E-state index in [0.29, 0.717) is 5.56 Å². The molecule has 19 heavy (non-hydrogen) atoms. The highest BCUT2D eigenvalue weighted by molar-refractivity contribution is 14.1. The lowest BCUT2D eigenvalue weighted by molar-refractivity contribution is -0.139. The third-order valence-corrected chi connectivity index (χ3v) is 5.05. The molecule has 0 unspecified atom stereocenters. The number of carboxylic acid groups (broad SMARTS) is 1. The van der Waals surface area contributed by atoms with Crippen LogP contribution in [0.3, 0.4) is 0 Å². The van der Waals surface area contributed by atoms with E-state index in [1.807, 2.05) is 19.1 Å². The Morgan fingerprint density at radius 3 is 2.63 bits per heavy atom. The molecule has 1 amide bonds. The van der Waals surface area contributed by atoms with E-state index in [2.05, 4.69) is 27.9 Å². The Kier molecular flexibility index (Phi) is 4.13. The Morgan fingerprint density at radius 1 is 1.42 bits per heavy atom. The van der Waals surface area contributed by atoms with Gasteiger partial charge in [0.1, 0.15) is 0 Å². The summed E-state index contributed by atoms with van der Waals surface area (Å²) in [5.74, 6) is -1.03. The molecule has 4 nitrogen and oxygen atoms in total. The molecule has 0 saturated heterocycles. The maximum Gasteiger partial charge on any atom is 0.305 e. The zero-order valence-electron chi connectivity index (χ0n) is 10.7. The fraction of sp³-hybridized carbons (Fsp3) is 0.429. The van der Waals surface area contributed by atoms with Crippen LogP contribution in [0.1, 0.15) is 41.6 Å². The van der Waals surface area contributed by atoms with Gasteiger partial charge in [-0.15, -0.1) is 0 Å². The SMILES string of the molecule is Cc1cccc(C(=O)NC2(CC(=O)O)CCC2)c1I. The van der Waals surface area contributed by atoms with Gasteiger partial charge in [0.2, 0.25) is 0 Å². The summed E-state index contributed by atoms with van der Waals surface area (Å²) in [6.45, 7) is 1.95. The summed E-state index contributed by atoms with van der Waals surface area (Å²) in [7, 11) is 0. The first kappa shape index (κ1) is 14.3. The first-order valence-electron chi connectivity index (χ1n) is 6.23. The van der Waals surface area contributed by atoms with Gasteiger partial charge in [-0.25, -0.2) is 0 Å². The number of amides is 1. The number of hydrogen-bond acceptors (Lipinski definition) is 2. The van der Waals surface area contributed by atoms with Gasteiger partial charge >= 0.3 is 5.97 Å². The van der Waals surface area contributed by atoms with Crippen molar-refractivity contribution in [2.45, 2.75) is 38.1 Å². The first-order valence-corrected chi connectivity index (χ1v) is 7.31. The molecular weight excluding hydrogens is 357 g/mol. The molecule has 1 aliphatic rings. The van der Waals surface area contributed by atoms with E-state index < -0.39 is 11.5 Å². The molecule has 1 aliphatic carbocycles. The van der Waals surface area contributed by atoms with Gasteiger partial charge in [-0.2, -0.15) is 0 Å². The molecule has 1 fully saturated rings. The molecule has 0 heterocycles. The zero-order chi connectivity index (χ0) is 14.0. The van der Waals surface area contributed by atoms with Crippen LogP contribution in [0.4, 0.5) is 0 Å². The number of benzene rings is 1. The van der Waals surface area contributed by atoms with Crippen LogP contribution in [0.15, 0.2) is 18.2 Å². The Labute approximate surface area is 125 Å². The van der Waals surface area contributed by atoms with Crippen LogP contribution in [0.25, 0.3) is 0 Å². The Balaban J connectivity index is 2.16. The molecule has 0 radical (unpaired) electrons. The van der Waals surface area contributed by atoms with Gasteiger partial charge in [0, 0.05) is 3.57 Å². The number of carbonyl (C=O) groups is 2. The van der Waals surface area contributed by atoms with Crippen molar-refractivity contribution in [1.29, 1.82) is 0 Å². The molecule has 0 aliphatic heterocycles. The summed E-state index contributed by atoms with van der Waals surface area (Å²) in [5.41, 5.74) is 1.13. The van der Waals surface area contributed by atoms with E-state index in [-0.39, 0.29) is 12.3 Å². The Morgan fingerprint density at radius 2 is 2.11 bits per heavy atom. The van der Waals surface area contributed by atoms with Crippen molar-refractivity contribution in [2.24, 2.45) is 0 Å². The van der Waals surface area contributed by atoms with Crippen LogP contribution in [-0.2, 0) is 4.79 Å². The molecule has 1 aromatic rings. The normalized spacial score (nSPS) is 16.5. The maximum atomic E-state index is 12.3. The average Bonchev–Trinajstić information content (AvgIpc) is 2.29. The highest BCUT2D eigenvalue weighted by atomic mass is 127. The number of nitrogens with one attached hydrogen (secondary N) is 1. The molecule has 5 heteroatoms. The number of hydrogen-bond donors (Lipinski definition) is 2. The summed E-state index contributed by atoms with van der Waals surface area (Å²) >= 11 is 2.15. The fourth-order valence-electron chi connectivity index (χ4n) is 2.37. The van der Waals surface area contributed by atoms with Gasteiger partial charge in [-0.3, -0.25) is 9.59 Å². The molecule has 0 aromatic heterocycles. The lowest BCUT2D eigenvalue weighted by Crippen LogP contribution is -2.54. The second kappa shape index (κ2) is 5.48. The molecule has 1 aromatic carbocycles. The van der Waals surface area contributed by atoms with Crippen LogP contribution in [0, 0.1) is 10.5 Å². The van der Waals surface area contributed by atoms with Crippen molar-refractivity contribution in [3.63, 3.8) is 0 Å². The van der Waals surface area contributed by atoms with Gasteiger partial charge in [0.15, 0.2) is 0 Å². The van der Waals surface area contributed by atoms with E-state index in [1.165, 1.54) is 0 Å². The monoisotopic (exact) mass is 373 g/mol. The maximum absolute atomic E-state index is 12.3. The molecule has 0 bridgehead atoms. The predicted octanol–water partition coefficient (Wildman–Crippen LogP) is 2.73. The van der Waals surface area contributed by atoms with E-state index in [0.717, 1.165) is 28.4 Å². The van der Waals surface area contributed by atoms with Gasteiger partial charge in [-0.1, -0.05) is 12.1 Å². The zero-order valence-corrected chi connectivity index (χ0v) is 12.9. The minimum atomic E-state index is -0.862. The van der Waals surface area contributed by atoms with Crippen LogP contribution in [0.2, 0.25) is 0 Å². The molecular formula is C14H16INO3. The summed E-state index contributed by atoms with van der Waals surface area (Å²) in [5, 5.41) is 11.9. The lowest BCUT2D eigenvalue weighted by Gasteiger charge is -2.41. The number of halogens is 1. The van der Waals surface area contributed by atoms with Gasteiger partial charge in [0.25, 0.3) is 5.91 Å². The standard InChI is InChI=1S/C14H16INO3/c1-9-4-2-5-10(12(9)15)13(19)16-14(6-3-7-14)8-11(17)18/h2,4-5H,3,6-8H2,1H3,(H,16,19)(H,17,18). The minimum Gasteiger partial charge on any atom is -0.481 e. The second-order valence-corrected chi connectivity index (χ2v) is 6.17. The lowest BCUT2D eigenvalue weighted by atomic mass is 9.74. The number of carbonyl (C=O) groups excluding carboxylic acids is 1. The average molecular weight is 373 g/mol. The van der Waals surface area contributed by atoms with E-state index in [1.54, 1.807) is 6.07 Å². The fourth-order valence-corrected chi connectivity index (χ4v) is 2.97.